The molecular formula is C4H8O. The Morgan fingerprint density at radius 2 is 2.00 bits per heavy atom. The molecule has 0 N–H and O–H groups in total. The summed E-state index contributed by atoms with van der Waals surface area (Å²) in [5.41, 5.74) is 0. The van der Waals surface area contributed by atoms with Crippen molar-refractivity contribution in [1.29, 1.82) is 0 Å². The molecule has 1 rings (SSSR count). The number of rotatable bonds is 0. The molecule has 1 heteroatoms. The van der Waals surface area contributed by atoms with Gasteiger partial charge in [0.25, 0.3) is 0 Å². The van der Waals surface area contributed by atoms with Gasteiger partial charge in [-0.25, -0.2) is 0 Å². The summed E-state index contributed by atoms with van der Waals surface area (Å²) in [7, 11) is 0. The maximum absolute atomic E-state index is 7.06. The summed E-state index contributed by atoms with van der Waals surface area (Å²) in [6.07, 6.45) is -3.60. The molecule has 0 aromatic carbocycles. The lowest BCUT2D eigenvalue weighted by atomic mass is 10.4. The molecule has 1 aliphatic heterocycles. The maximum Gasteiger partial charge on any atom is 0.0466 e. The first-order chi connectivity index (χ1) is 3.96. The molecule has 0 aromatic heterocycles. The third-order valence-corrected chi connectivity index (χ3v) is 0.473. The van der Waals surface area contributed by atoms with E-state index in [0.29, 0.717) is 0 Å². The Bertz CT molecular complexity index is 108. The van der Waals surface area contributed by atoms with Crippen LogP contribution in [-0.2, 0) is 4.74 Å². The molecule has 0 unspecified atom stereocenters. The summed E-state index contributed by atoms with van der Waals surface area (Å²) in [5.74, 6) is 0. The Labute approximate surface area is 37.6 Å². The summed E-state index contributed by atoms with van der Waals surface area (Å²) < 4.78 is 32.8. The minimum absolute atomic E-state index is 0.125. The highest BCUT2D eigenvalue weighted by Crippen LogP contribution is 1.98. The first-order valence-electron chi connectivity index (χ1n) is 3.53. The second kappa shape index (κ2) is 1.41. The van der Waals surface area contributed by atoms with Gasteiger partial charge in [-0.15, -0.1) is 0 Å². The molecule has 0 atom stereocenters. The Kier molecular flexibility index (Phi) is 0.273. The molecule has 1 aliphatic rings. The van der Waals surface area contributed by atoms with Crippen LogP contribution in [0.1, 0.15) is 18.2 Å². The summed E-state index contributed by atoms with van der Waals surface area (Å²) in [4.78, 5) is 0. The van der Waals surface area contributed by atoms with Gasteiger partial charge in [-0.2, -0.15) is 0 Å². The van der Waals surface area contributed by atoms with E-state index in [0.717, 1.165) is 0 Å². The van der Waals surface area contributed by atoms with Gasteiger partial charge in [0, 0.05) is 18.7 Å². The van der Waals surface area contributed by atoms with Gasteiger partial charge < -0.3 is 4.74 Å². The van der Waals surface area contributed by atoms with Crippen LogP contribution >= 0.6 is 0 Å². The van der Waals surface area contributed by atoms with Gasteiger partial charge >= 0.3 is 0 Å². The lowest BCUT2D eigenvalue weighted by Crippen LogP contribution is -1.74. The van der Waals surface area contributed by atoms with Crippen LogP contribution in [0.3, 0.4) is 0 Å². The summed E-state index contributed by atoms with van der Waals surface area (Å²) in [6.45, 7) is -0.250. The molecular weight excluding hydrogens is 64.0 g/mol. The van der Waals surface area contributed by atoms with Crippen molar-refractivity contribution >= 4 is 0 Å². The van der Waals surface area contributed by atoms with E-state index in [9.17, 15) is 0 Å². The third-order valence-electron chi connectivity index (χ3n) is 0.473. The van der Waals surface area contributed by atoms with E-state index in [2.05, 4.69) is 4.74 Å². The highest BCUT2D eigenvalue weighted by molar-refractivity contribution is 4.43. The zero-order chi connectivity index (χ0) is 7.12. The minimum atomic E-state index is -1.80. The molecule has 30 valence electrons. The fourth-order valence-corrected chi connectivity index (χ4v) is 0.255. The van der Waals surface area contributed by atoms with Gasteiger partial charge in [0.05, 0.1) is 0 Å². The Hall–Kier alpha value is -0.0400. The molecule has 1 heterocycles. The SMILES string of the molecule is [2H]C1([2H])COCC1([2H])[2H]. The van der Waals surface area contributed by atoms with Gasteiger partial charge in [-0.3, -0.25) is 0 Å². The van der Waals surface area contributed by atoms with Crippen molar-refractivity contribution in [1.82, 2.24) is 0 Å². The first kappa shape index (κ1) is 0.969. The van der Waals surface area contributed by atoms with Crippen LogP contribution in [0.4, 0.5) is 0 Å². The van der Waals surface area contributed by atoms with Crippen LogP contribution in [-0.4, -0.2) is 13.2 Å². The molecule has 0 spiro atoms. The van der Waals surface area contributed by atoms with Crippen LogP contribution in [0.2, 0.25) is 0 Å². The number of hydrogen-bond donors (Lipinski definition) is 0. The topological polar surface area (TPSA) is 9.23 Å². The molecule has 1 fully saturated rings. The number of ether oxygens (including phenoxy) is 1. The molecule has 0 aliphatic carbocycles. The molecule has 5 heavy (non-hydrogen) atoms. The van der Waals surface area contributed by atoms with Crippen LogP contribution in [0.15, 0.2) is 0 Å². The van der Waals surface area contributed by atoms with Crippen molar-refractivity contribution in [3.05, 3.63) is 0 Å². The average Bonchev–Trinajstić information content (AvgIpc) is 1.81. The summed E-state index contributed by atoms with van der Waals surface area (Å²) >= 11 is 0. The van der Waals surface area contributed by atoms with E-state index < -0.39 is 12.7 Å². The average molecular weight is 76.1 g/mol. The van der Waals surface area contributed by atoms with Crippen molar-refractivity contribution in [3.63, 3.8) is 0 Å². The van der Waals surface area contributed by atoms with Gasteiger partial charge in [-0.05, 0) is 12.7 Å². The van der Waals surface area contributed by atoms with Crippen molar-refractivity contribution in [2.24, 2.45) is 0 Å². The highest BCUT2D eigenvalue weighted by atomic mass is 16.5. The maximum atomic E-state index is 7.06. The second-order valence-electron chi connectivity index (χ2n) is 0.846. The van der Waals surface area contributed by atoms with Crippen molar-refractivity contribution in [3.8, 4) is 0 Å². The van der Waals surface area contributed by atoms with E-state index in [4.69, 9.17) is 5.48 Å². The highest BCUT2D eigenvalue weighted by Gasteiger charge is 1.94. The second-order valence-corrected chi connectivity index (χ2v) is 0.846. The fraction of sp³-hybridized carbons (Fsp3) is 1.00. The normalized spacial score (nSPS) is 56.0. The molecule has 1 nitrogen and oxygen atoms in total. The van der Waals surface area contributed by atoms with Crippen LogP contribution in [0.5, 0.6) is 0 Å². The van der Waals surface area contributed by atoms with Crippen molar-refractivity contribution < 1.29 is 10.2 Å². The Balaban J connectivity index is 2.75. The van der Waals surface area contributed by atoms with E-state index in [-0.39, 0.29) is 13.2 Å². The van der Waals surface area contributed by atoms with Crippen LogP contribution in [0.25, 0.3) is 0 Å². The largest absolute Gasteiger partial charge is 0.381 e. The molecule has 1 saturated heterocycles. The zero-order valence-corrected chi connectivity index (χ0v) is 2.82. The van der Waals surface area contributed by atoms with E-state index in [1.165, 1.54) is 0 Å². The predicted molar refractivity (Wildman–Crippen MR) is 20.1 cm³/mol. The van der Waals surface area contributed by atoms with Crippen molar-refractivity contribution in [2.75, 3.05) is 13.2 Å². The van der Waals surface area contributed by atoms with E-state index in [1.807, 2.05) is 0 Å². The van der Waals surface area contributed by atoms with Crippen LogP contribution in [0, 0.1) is 0 Å². The molecule has 0 radical (unpaired) electrons. The Morgan fingerprint density at radius 3 is 2.20 bits per heavy atom. The van der Waals surface area contributed by atoms with Gasteiger partial charge in [0.1, 0.15) is 0 Å². The first-order valence-corrected chi connectivity index (χ1v) is 1.53. The standard InChI is InChI=1S/C4H8O/c1-2-4-5-3-1/h1-4H2/i1D2,2D2. The quantitative estimate of drug-likeness (QED) is 0.414. The minimum Gasteiger partial charge on any atom is -0.381 e. The number of hydrogen-bond acceptors (Lipinski definition) is 1. The van der Waals surface area contributed by atoms with Crippen LogP contribution < -0.4 is 0 Å². The monoisotopic (exact) mass is 76.1 g/mol. The smallest absolute Gasteiger partial charge is 0.0466 e. The summed E-state index contributed by atoms with van der Waals surface area (Å²) in [5, 5.41) is 0. The summed E-state index contributed by atoms with van der Waals surface area (Å²) in [6, 6.07) is 0. The molecule has 0 bridgehead atoms. The third kappa shape index (κ3) is 0.618. The molecule has 0 aromatic rings. The fourth-order valence-electron chi connectivity index (χ4n) is 0.255. The van der Waals surface area contributed by atoms with E-state index in [1.54, 1.807) is 0 Å². The van der Waals surface area contributed by atoms with Crippen molar-refractivity contribution in [2.45, 2.75) is 12.7 Å². The predicted octanol–water partition coefficient (Wildman–Crippen LogP) is 0.797. The van der Waals surface area contributed by atoms with Gasteiger partial charge in [-0.1, -0.05) is 0 Å². The zero-order valence-electron chi connectivity index (χ0n) is 6.82. The lowest BCUT2D eigenvalue weighted by Gasteiger charge is -1.76. The van der Waals surface area contributed by atoms with E-state index >= 15 is 0 Å². The van der Waals surface area contributed by atoms with Gasteiger partial charge in [0.15, 0.2) is 0 Å². The molecule has 0 amide bonds. The Morgan fingerprint density at radius 1 is 1.40 bits per heavy atom. The molecule has 0 saturated carbocycles. The lowest BCUT2D eigenvalue weighted by molar-refractivity contribution is 0.198. The van der Waals surface area contributed by atoms with Gasteiger partial charge in [0.2, 0.25) is 0 Å².